The summed E-state index contributed by atoms with van der Waals surface area (Å²) in [5.41, 5.74) is 0.757. The molecule has 0 fully saturated rings. The molecule has 1 aromatic heterocycles. The average Bonchev–Trinajstić information content (AvgIpc) is 2.05. The third-order valence-corrected chi connectivity index (χ3v) is 1.47. The second-order valence-electron chi connectivity index (χ2n) is 2.21. The second kappa shape index (κ2) is 4.07. The Morgan fingerprint density at radius 3 is 2.83 bits per heavy atom. The minimum Gasteiger partial charge on any atom is -0.425 e. The fraction of sp³-hybridized carbons (Fsp3) is 0.250. The van der Waals surface area contributed by atoms with Crippen LogP contribution < -0.4 is 4.74 Å². The van der Waals surface area contributed by atoms with E-state index in [1.54, 1.807) is 12.1 Å². The van der Waals surface area contributed by atoms with Crippen molar-refractivity contribution in [2.24, 2.45) is 0 Å². The lowest BCUT2D eigenvalue weighted by Gasteiger charge is -1.99. The standard InChI is InChI=1S/C8H8ClNO2/c1-6(11)12-8-3-2-7(4-9)10-5-8/h2-3,5H,4H2,1H3. The predicted molar refractivity (Wildman–Crippen MR) is 45.1 cm³/mol. The first-order valence-electron chi connectivity index (χ1n) is 3.41. The van der Waals surface area contributed by atoms with Gasteiger partial charge in [0.15, 0.2) is 0 Å². The second-order valence-corrected chi connectivity index (χ2v) is 2.48. The molecule has 64 valence electrons. The van der Waals surface area contributed by atoms with E-state index in [1.807, 2.05) is 0 Å². The first-order chi connectivity index (χ1) is 5.72. The van der Waals surface area contributed by atoms with Crippen LogP contribution in [0.25, 0.3) is 0 Å². The summed E-state index contributed by atoms with van der Waals surface area (Å²) in [7, 11) is 0. The van der Waals surface area contributed by atoms with Crippen molar-refractivity contribution >= 4 is 17.6 Å². The predicted octanol–water partition coefficient (Wildman–Crippen LogP) is 1.75. The van der Waals surface area contributed by atoms with Crippen molar-refractivity contribution in [3.05, 3.63) is 24.0 Å². The third kappa shape index (κ3) is 2.51. The summed E-state index contributed by atoms with van der Waals surface area (Å²) in [6.07, 6.45) is 1.47. The molecule has 0 saturated heterocycles. The first-order valence-corrected chi connectivity index (χ1v) is 3.95. The maximum atomic E-state index is 10.5. The van der Waals surface area contributed by atoms with Gasteiger partial charge in [0.1, 0.15) is 5.75 Å². The quantitative estimate of drug-likeness (QED) is 0.521. The normalized spacial score (nSPS) is 9.50. The SMILES string of the molecule is CC(=O)Oc1ccc(CCl)nc1. The van der Waals surface area contributed by atoms with Crippen molar-refractivity contribution < 1.29 is 9.53 Å². The molecule has 0 saturated carbocycles. The summed E-state index contributed by atoms with van der Waals surface area (Å²) in [6.45, 7) is 1.34. The van der Waals surface area contributed by atoms with E-state index in [0.29, 0.717) is 11.6 Å². The molecule has 0 atom stereocenters. The number of rotatable bonds is 2. The lowest BCUT2D eigenvalue weighted by molar-refractivity contribution is -0.131. The van der Waals surface area contributed by atoms with Gasteiger partial charge in [-0.2, -0.15) is 0 Å². The van der Waals surface area contributed by atoms with Gasteiger partial charge in [-0.15, -0.1) is 11.6 Å². The van der Waals surface area contributed by atoms with Crippen LogP contribution in [-0.4, -0.2) is 11.0 Å². The molecule has 12 heavy (non-hydrogen) atoms. The minimum atomic E-state index is -0.351. The summed E-state index contributed by atoms with van der Waals surface area (Å²) in [4.78, 5) is 14.4. The average molecular weight is 186 g/mol. The highest BCUT2D eigenvalue weighted by Crippen LogP contribution is 2.10. The molecular formula is C8H8ClNO2. The molecule has 0 unspecified atom stereocenters. The van der Waals surface area contributed by atoms with Crippen LogP contribution in [0.3, 0.4) is 0 Å². The summed E-state index contributed by atoms with van der Waals surface area (Å²) in [5.74, 6) is 0.451. The Labute approximate surface area is 75.3 Å². The van der Waals surface area contributed by atoms with Crippen LogP contribution >= 0.6 is 11.6 Å². The molecule has 0 amide bonds. The number of hydrogen-bond donors (Lipinski definition) is 0. The maximum Gasteiger partial charge on any atom is 0.308 e. The molecule has 1 rings (SSSR count). The molecule has 0 spiro atoms. The van der Waals surface area contributed by atoms with E-state index in [9.17, 15) is 4.79 Å². The van der Waals surface area contributed by atoms with Crippen molar-refractivity contribution in [2.75, 3.05) is 0 Å². The van der Waals surface area contributed by atoms with Gasteiger partial charge in [0.05, 0.1) is 17.8 Å². The van der Waals surface area contributed by atoms with Crippen molar-refractivity contribution in [2.45, 2.75) is 12.8 Å². The van der Waals surface area contributed by atoms with Crippen LogP contribution in [0.1, 0.15) is 12.6 Å². The van der Waals surface area contributed by atoms with Crippen LogP contribution in [0, 0.1) is 0 Å². The van der Waals surface area contributed by atoms with Crippen molar-refractivity contribution in [3.8, 4) is 5.75 Å². The number of ether oxygens (including phenoxy) is 1. The Kier molecular flexibility index (Phi) is 3.05. The molecule has 3 nitrogen and oxygen atoms in total. The molecular weight excluding hydrogens is 178 g/mol. The van der Waals surface area contributed by atoms with Crippen molar-refractivity contribution in [1.29, 1.82) is 0 Å². The minimum absolute atomic E-state index is 0.351. The van der Waals surface area contributed by atoms with E-state index < -0.39 is 0 Å². The van der Waals surface area contributed by atoms with Crippen LogP contribution in [0.15, 0.2) is 18.3 Å². The monoisotopic (exact) mass is 185 g/mol. The molecule has 0 radical (unpaired) electrons. The number of carbonyl (C=O) groups excluding carboxylic acids is 1. The van der Waals surface area contributed by atoms with Gasteiger partial charge in [-0.1, -0.05) is 0 Å². The molecule has 0 aliphatic carbocycles. The van der Waals surface area contributed by atoms with E-state index in [4.69, 9.17) is 16.3 Å². The Morgan fingerprint density at radius 2 is 2.42 bits per heavy atom. The number of carbonyl (C=O) groups is 1. The number of nitrogens with zero attached hydrogens (tertiary/aromatic N) is 1. The number of pyridine rings is 1. The zero-order valence-corrected chi connectivity index (χ0v) is 7.34. The van der Waals surface area contributed by atoms with Gasteiger partial charge in [0.25, 0.3) is 0 Å². The van der Waals surface area contributed by atoms with Gasteiger partial charge in [-0.25, -0.2) is 0 Å². The Morgan fingerprint density at radius 1 is 1.67 bits per heavy atom. The van der Waals surface area contributed by atoms with Gasteiger partial charge in [0.2, 0.25) is 0 Å². The van der Waals surface area contributed by atoms with Crippen LogP contribution in [0.5, 0.6) is 5.75 Å². The lowest BCUT2D eigenvalue weighted by atomic mass is 10.4. The van der Waals surface area contributed by atoms with E-state index in [2.05, 4.69) is 4.98 Å². The highest BCUT2D eigenvalue weighted by Gasteiger charge is 1.97. The zero-order valence-electron chi connectivity index (χ0n) is 6.58. The smallest absolute Gasteiger partial charge is 0.308 e. The lowest BCUT2D eigenvalue weighted by Crippen LogP contribution is -2.01. The van der Waals surface area contributed by atoms with E-state index in [0.717, 1.165) is 5.69 Å². The van der Waals surface area contributed by atoms with Crippen LogP contribution in [0.4, 0.5) is 0 Å². The van der Waals surface area contributed by atoms with E-state index >= 15 is 0 Å². The zero-order chi connectivity index (χ0) is 8.97. The van der Waals surface area contributed by atoms with Crippen molar-refractivity contribution in [3.63, 3.8) is 0 Å². The first kappa shape index (κ1) is 9.00. The van der Waals surface area contributed by atoms with Crippen LogP contribution in [-0.2, 0) is 10.7 Å². The number of esters is 1. The molecule has 1 heterocycles. The van der Waals surface area contributed by atoms with Gasteiger partial charge in [-0.05, 0) is 12.1 Å². The number of alkyl halides is 1. The molecule has 0 N–H and O–H groups in total. The summed E-state index contributed by atoms with van der Waals surface area (Å²) >= 11 is 5.51. The summed E-state index contributed by atoms with van der Waals surface area (Å²) in [6, 6.07) is 3.37. The van der Waals surface area contributed by atoms with Crippen molar-refractivity contribution in [1.82, 2.24) is 4.98 Å². The summed E-state index contributed by atoms with van der Waals surface area (Å²) < 4.78 is 4.77. The Bertz CT molecular complexity index is 271. The molecule has 4 heteroatoms. The fourth-order valence-electron chi connectivity index (χ4n) is 0.716. The Balaban J connectivity index is 2.71. The largest absolute Gasteiger partial charge is 0.425 e. The Hall–Kier alpha value is -1.09. The third-order valence-electron chi connectivity index (χ3n) is 1.20. The molecule has 1 aromatic rings. The number of hydrogen-bond acceptors (Lipinski definition) is 3. The number of halogens is 1. The van der Waals surface area contributed by atoms with Gasteiger partial charge >= 0.3 is 5.97 Å². The number of aromatic nitrogens is 1. The van der Waals surface area contributed by atoms with E-state index in [-0.39, 0.29) is 5.97 Å². The van der Waals surface area contributed by atoms with Crippen LogP contribution in [0.2, 0.25) is 0 Å². The topological polar surface area (TPSA) is 39.2 Å². The molecule has 0 aliphatic heterocycles. The molecule has 0 bridgehead atoms. The van der Waals surface area contributed by atoms with Gasteiger partial charge < -0.3 is 4.74 Å². The summed E-state index contributed by atoms with van der Waals surface area (Å²) in [5, 5.41) is 0. The fourth-order valence-corrected chi connectivity index (χ4v) is 0.874. The highest BCUT2D eigenvalue weighted by atomic mass is 35.5. The molecule has 0 aromatic carbocycles. The molecule has 0 aliphatic rings. The maximum absolute atomic E-state index is 10.5. The van der Waals surface area contributed by atoms with Gasteiger partial charge in [-0.3, -0.25) is 9.78 Å². The van der Waals surface area contributed by atoms with Gasteiger partial charge in [0, 0.05) is 6.92 Å². The highest BCUT2D eigenvalue weighted by molar-refractivity contribution is 6.16. The van der Waals surface area contributed by atoms with E-state index in [1.165, 1.54) is 13.1 Å².